The minimum Gasteiger partial charge on any atom is -1.00 e. The lowest BCUT2D eigenvalue weighted by atomic mass is 10.1. The van der Waals surface area contributed by atoms with Gasteiger partial charge in [-0.3, -0.25) is 0 Å². The van der Waals surface area contributed by atoms with E-state index in [1.54, 1.807) is 0 Å². The van der Waals surface area contributed by atoms with E-state index in [9.17, 15) is 0 Å². The minimum absolute atomic E-state index is 0. The van der Waals surface area contributed by atoms with Crippen molar-refractivity contribution in [3.05, 3.63) is 0 Å². The van der Waals surface area contributed by atoms with Crippen LogP contribution >= 0.6 is 34.4 Å². The van der Waals surface area contributed by atoms with Crippen LogP contribution in [0.15, 0.2) is 0 Å². The van der Waals surface area contributed by atoms with Gasteiger partial charge < -0.3 is 28.5 Å². The van der Waals surface area contributed by atoms with E-state index in [1.165, 1.54) is 82.0 Å². The van der Waals surface area contributed by atoms with Crippen molar-refractivity contribution in [2.24, 2.45) is 0 Å². The maximum absolute atomic E-state index is 4.81. The van der Waals surface area contributed by atoms with Crippen LogP contribution in [-0.4, -0.2) is 35.6 Å². The lowest BCUT2D eigenvalue weighted by Crippen LogP contribution is -3.00. The summed E-state index contributed by atoms with van der Waals surface area (Å²) in [5, 5.41) is 0. The summed E-state index contributed by atoms with van der Waals surface area (Å²) in [6.07, 6.45) is 11.1. The van der Waals surface area contributed by atoms with Gasteiger partial charge in [-0.25, -0.2) is 0 Å². The van der Waals surface area contributed by atoms with Crippen molar-refractivity contribution in [3.63, 3.8) is 0 Å². The van der Waals surface area contributed by atoms with Crippen molar-refractivity contribution >= 4 is 39.3 Å². The number of rotatable bonds is 12. The van der Waals surface area contributed by atoms with E-state index in [2.05, 4.69) is 27.7 Å². The molecule has 0 spiro atoms. The molecule has 22 heavy (non-hydrogen) atoms. The second kappa shape index (κ2) is 20.7. The van der Waals surface area contributed by atoms with Crippen LogP contribution in [0.5, 0.6) is 0 Å². The molecule has 6 heteroatoms. The summed E-state index contributed by atoms with van der Waals surface area (Å²) in [6.45, 7) is 15.0. The first-order chi connectivity index (χ1) is 9.97. The number of unbranched alkanes of at least 4 members (excludes halogenated alkanes) is 4. The first kappa shape index (κ1) is 28.4. The highest BCUT2D eigenvalue weighted by atomic mass is 127. The average molecular weight is 487 g/mol. The molecule has 0 aromatic rings. The molecule has 0 aromatic carbocycles. The smallest absolute Gasteiger partial charge is 0.450 e. The molecule has 0 aliphatic rings. The van der Waals surface area contributed by atoms with Gasteiger partial charge in [0.25, 0.3) is 0 Å². The van der Waals surface area contributed by atoms with Gasteiger partial charge in [0.1, 0.15) is 0 Å². The topological polar surface area (TPSA) is 0 Å². The Morgan fingerprint density at radius 3 is 0.909 bits per heavy atom. The molecule has 0 heterocycles. The highest BCUT2D eigenvalue weighted by molar-refractivity contribution is 7.54. The standard InChI is InChI=1S/C16H36N.BCl3.HI/c1-5-9-13-17(14-10-6-2,15-11-7-3)16-12-8-4;2-1(3)4;/h5-16H2,1-4H3;;1H/q+1;;/p-1. The Morgan fingerprint density at radius 2 is 0.773 bits per heavy atom. The molecule has 0 aliphatic carbocycles. The lowest BCUT2D eigenvalue weighted by molar-refractivity contribution is -0.929. The summed E-state index contributed by atoms with van der Waals surface area (Å²) in [7, 11) is 0. The summed E-state index contributed by atoms with van der Waals surface area (Å²) in [6, 6.07) is 0. The maximum atomic E-state index is 4.81. The highest BCUT2D eigenvalue weighted by Crippen LogP contribution is 2.16. The first-order valence-electron chi connectivity index (χ1n) is 8.75. The first-order valence-corrected chi connectivity index (χ1v) is 10.1. The quantitative estimate of drug-likeness (QED) is 0.224. The summed E-state index contributed by atoms with van der Waals surface area (Å²) >= 11 is 14.4. The van der Waals surface area contributed by atoms with Crippen molar-refractivity contribution in [1.82, 2.24) is 0 Å². The minimum atomic E-state index is -0.750. The number of hydrogen-bond donors (Lipinski definition) is 0. The Kier molecular flexibility index (Phi) is 26.7. The van der Waals surface area contributed by atoms with Crippen LogP contribution in [0.25, 0.3) is 0 Å². The average Bonchev–Trinajstić information content (AvgIpc) is 2.45. The lowest BCUT2D eigenvalue weighted by Gasteiger charge is -2.39. The van der Waals surface area contributed by atoms with E-state index in [0.717, 1.165) is 0 Å². The van der Waals surface area contributed by atoms with E-state index < -0.39 is 4.96 Å². The molecular weight excluding hydrogens is 450 g/mol. The van der Waals surface area contributed by atoms with E-state index in [1.807, 2.05) is 0 Å². The fourth-order valence-electron chi connectivity index (χ4n) is 2.64. The molecule has 0 unspecified atom stereocenters. The fraction of sp³-hybridized carbons (Fsp3) is 1.00. The zero-order valence-electron chi connectivity index (χ0n) is 15.0. The predicted octanol–water partition coefficient (Wildman–Crippen LogP) is 3.70. The molecule has 1 nitrogen and oxygen atoms in total. The third-order valence-corrected chi connectivity index (χ3v) is 3.94. The maximum Gasteiger partial charge on any atom is 0.450 e. The van der Waals surface area contributed by atoms with Crippen molar-refractivity contribution in [1.29, 1.82) is 0 Å². The van der Waals surface area contributed by atoms with Gasteiger partial charge in [0.15, 0.2) is 0 Å². The van der Waals surface area contributed by atoms with Gasteiger partial charge in [-0.15, -0.1) is 0 Å². The third-order valence-electron chi connectivity index (χ3n) is 3.94. The number of quaternary nitrogens is 1. The van der Waals surface area contributed by atoms with Gasteiger partial charge in [-0.2, -0.15) is 34.4 Å². The second-order valence-electron chi connectivity index (χ2n) is 5.90. The van der Waals surface area contributed by atoms with Gasteiger partial charge in [0, 0.05) is 0 Å². The van der Waals surface area contributed by atoms with Crippen LogP contribution in [0.1, 0.15) is 79.1 Å². The Balaban J connectivity index is -0.000000640. The van der Waals surface area contributed by atoms with Crippen LogP contribution in [0.4, 0.5) is 0 Å². The van der Waals surface area contributed by atoms with Crippen molar-refractivity contribution in [2.45, 2.75) is 79.1 Å². The second-order valence-corrected chi connectivity index (χ2v) is 7.88. The molecule has 0 saturated carbocycles. The number of hydrogen-bond acceptors (Lipinski definition) is 0. The van der Waals surface area contributed by atoms with Crippen LogP contribution in [0.2, 0.25) is 0 Å². The molecule has 0 atom stereocenters. The SMILES string of the molecule is CCCC[N+](CCCC)(CCCC)CCCC.ClB(Cl)Cl.[I-]. The Morgan fingerprint density at radius 1 is 0.591 bits per heavy atom. The van der Waals surface area contributed by atoms with Gasteiger partial charge in [-0.1, -0.05) is 53.4 Å². The Labute approximate surface area is 172 Å². The van der Waals surface area contributed by atoms with E-state index >= 15 is 0 Å². The van der Waals surface area contributed by atoms with Gasteiger partial charge in [0.2, 0.25) is 0 Å². The van der Waals surface area contributed by atoms with Crippen LogP contribution in [0.3, 0.4) is 0 Å². The molecule has 0 rings (SSSR count). The molecule has 0 bridgehead atoms. The monoisotopic (exact) mass is 485 g/mol. The van der Waals surface area contributed by atoms with E-state index in [-0.39, 0.29) is 24.0 Å². The Bertz CT molecular complexity index is 170. The molecule has 0 radical (unpaired) electrons. The zero-order chi connectivity index (χ0) is 16.6. The summed E-state index contributed by atoms with van der Waals surface area (Å²) < 4.78 is 1.42. The Hall–Kier alpha value is 1.62. The van der Waals surface area contributed by atoms with Crippen molar-refractivity contribution < 1.29 is 28.5 Å². The van der Waals surface area contributed by atoms with Gasteiger partial charge in [0.05, 0.1) is 26.2 Å². The zero-order valence-corrected chi connectivity index (χ0v) is 19.4. The van der Waals surface area contributed by atoms with Gasteiger partial charge in [-0.05, 0) is 25.7 Å². The fourth-order valence-corrected chi connectivity index (χ4v) is 2.64. The highest BCUT2D eigenvalue weighted by Gasteiger charge is 2.24. The summed E-state index contributed by atoms with van der Waals surface area (Å²) in [4.78, 5) is -0.750. The molecule has 0 amide bonds. The summed E-state index contributed by atoms with van der Waals surface area (Å²) in [5.74, 6) is 0. The van der Waals surface area contributed by atoms with Crippen molar-refractivity contribution in [2.75, 3.05) is 26.2 Å². The molecule has 0 aliphatic heterocycles. The third kappa shape index (κ3) is 19.7. The molecule has 0 N–H and O–H groups in total. The molecule has 136 valence electrons. The van der Waals surface area contributed by atoms with Crippen LogP contribution in [-0.2, 0) is 0 Å². The molecule has 0 saturated heterocycles. The van der Waals surface area contributed by atoms with E-state index in [4.69, 9.17) is 34.4 Å². The van der Waals surface area contributed by atoms with Crippen molar-refractivity contribution in [3.8, 4) is 0 Å². The number of halogens is 4. The molecular formula is C16H36BCl3IN. The predicted molar refractivity (Wildman–Crippen MR) is 103 cm³/mol. The normalized spacial score (nSPS) is 10.5. The van der Waals surface area contributed by atoms with E-state index in [0.29, 0.717) is 0 Å². The van der Waals surface area contributed by atoms with Gasteiger partial charge >= 0.3 is 4.96 Å². The van der Waals surface area contributed by atoms with Crippen LogP contribution in [0, 0.1) is 0 Å². The largest absolute Gasteiger partial charge is 1.00 e. The number of nitrogens with zero attached hydrogens (tertiary/aromatic N) is 1. The van der Waals surface area contributed by atoms with Crippen LogP contribution < -0.4 is 24.0 Å². The molecule has 0 aromatic heterocycles. The summed E-state index contributed by atoms with van der Waals surface area (Å²) in [5.41, 5.74) is 0. The molecule has 0 fully saturated rings.